The van der Waals surface area contributed by atoms with Crippen LogP contribution in [0.1, 0.15) is 89.1 Å². The second-order valence-electron chi connectivity index (χ2n) is 12.0. The number of carboxylic acids is 1. The Labute approximate surface area is 246 Å². The van der Waals surface area contributed by atoms with Gasteiger partial charge in [0.15, 0.2) is 23.6 Å². The molecule has 3 fully saturated rings. The van der Waals surface area contributed by atoms with Crippen LogP contribution >= 0.6 is 0 Å². The second-order valence-corrected chi connectivity index (χ2v) is 12.0. The molecular formula is C31H32O12. The summed E-state index contributed by atoms with van der Waals surface area (Å²) in [5.41, 5.74) is -2.09. The number of aromatic hydroxyl groups is 2. The molecule has 12 heteroatoms. The van der Waals surface area contributed by atoms with E-state index in [1.807, 2.05) is 0 Å². The summed E-state index contributed by atoms with van der Waals surface area (Å²) >= 11 is 0. The van der Waals surface area contributed by atoms with Crippen molar-refractivity contribution in [2.24, 2.45) is 0 Å². The van der Waals surface area contributed by atoms with Crippen molar-refractivity contribution in [1.29, 1.82) is 0 Å². The van der Waals surface area contributed by atoms with E-state index in [1.54, 1.807) is 13.8 Å². The first kappa shape index (κ1) is 29.4. The number of rotatable bonds is 5. The first-order valence-electron chi connectivity index (χ1n) is 14.1. The highest BCUT2D eigenvalue weighted by Crippen LogP contribution is 2.46. The molecule has 3 saturated heterocycles. The average molecular weight is 597 g/mol. The molecule has 1 aliphatic carbocycles. The van der Waals surface area contributed by atoms with Crippen molar-refractivity contribution >= 4 is 23.3 Å². The van der Waals surface area contributed by atoms with Crippen molar-refractivity contribution in [3.05, 3.63) is 57.6 Å². The molecule has 0 spiro atoms. The van der Waals surface area contributed by atoms with Gasteiger partial charge in [-0.1, -0.05) is 12.1 Å². The molecule has 0 amide bonds. The topological polar surface area (TPSA) is 186 Å². The SMILES string of the molecule is C[C@@H]1O[C@H]2O[C@@H]3[C@@H](C)O[C@@H](c4ccc5c(c4O)C(=O)c4ccc(C[C@@](C)(O)CC(=O)O)c(O)c4C5=O)C[C@H]3O[C@H]2CC1=O. The molecule has 0 unspecified atom stereocenters. The molecule has 0 saturated carbocycles. The lowest BCUT2D eigenvalue weighted by molar-refractivity contribution is -0.347. The minimum Gasteiger partial charge on any atom is -0.507 e. The summed E-state index contributed by atoms with van der Waals surface area (Å²) in [6.07, 6.45) is -4.53. The molecule has 0 radical (unpaired) electrons. The highest BCUT2D eigenvalue weighted by atomic mass is 16.7. The van der Waals surface area contributed by atoms with Crippen molar-refractivity contribution in [3.63, 3.8) is 0 Å². The number of Topliss-reactive ketones (excluding diaryl/α,β-unsaturated/α-hetero) is 1. The number of fused-ring (bicyclic) bond motifs is 4. The summed E-state index contributed by atoms with van der Waals surface area (Å²) in [5.74, 6) is -3.66. The van der Waals surface area contributed by atoms with Gasteiger partial charge in [0.25, 0.3) is 0 Å². The third kappa shape index (κ3) is 5.02. The van der Waals surface area contributed by atoms with Crippen molar-refractivity contribution in [1.82, 2.24) is 0 Å². The highest BCUT2D eigenvalue weighted by Gasteiger charge is 2.50. The van der Waals surface area contributed by atoms with Crippen molar-refractivity contribution in [3.8, 4) is 11.5 Å². The fourth-order valence-corrected chi connectivity index (χ4v) is 6.56. The third-order valence-corrected chi connectivity index (χ3v) is 8.66. The van der Waals surface area contributed by atoms with E-state index < -0.39 is 84.0 Å². The summed E-state index contributed by atoms with van der Waals surface area (Å²) in [6.45, 7) is 4.75. The molecule has 43 heavy (non-hydrogen) atoms. The number of carbonyl (C=O) groups excluding carboxylic acids is 3. The second kappa shape index (κ2) is 10.5. The number of carboxylic acid groups (broad SMARTS) is 1. The Bertz CT molecular complexity index is 1540. The number of carbonyl (C=O) groups is 4. The Balaban J connectivity index is 1.28. The predicted molar refractivity (Wildman–Crippen MR) is 145 cm³/mol. The van der Waals surface area contributed by atoms with Gasteiger partial charge in [-0.05, 0) is 38.5 Å². The van der Waals surface area contributed by atoms with Gasteiger partial charge in [-0.15, -0.1) is 0 Å². The highest BCUT2D eigenvalue weighted by molar-refractivity contribution is 6.30. The van der Waals surface area contributed by atoms with Gasteiger partial charge in [-0.3, -0.25) is 19.2 Å². The molecule has 6 rings (SSSR count). The number of benzene rings is 2. The zero-order valence-electron chi connectivity index (χ0n) is 23.7. The first-order valence-corrected chi connectivity index (χ1v) is 14.1. The fourth-order valence-electron chi connectivity index (χ4n) is 6.56. The third-order valence-electron chi connectivity index (χ3n) is 8.66. The molecule has 0 aromatic heterocycles. The van der Waals surface area contributed by atoms with Crippen molar-refractivity contribution in [2.75, 3.05) is 0 Å². The summed E-state index contributed by atoms with van der Waals surface area (Å²) in [5, 5.41) is 41.9. The van der Waals surface area contributed by atoms with Gasteiger partial charge in [0, 0.05) is 36.0 Å². The Morgan fingerprint density at radius 2 is 1.56 bits per heavy atom. The smallest absolute Gasteiger partial charge is 0.306 e. The van der Waals surface area contributed by atoms with E-state index >= 15 is 0 Å². The lowest BCUT2D eigenvalue weighted by Gasteiger charge is -2.49. The molecule has 228 valence electrons. The number of aliphatic carboxylic acids is 1. The maximum absolute atomic E-state index is 13.6. The monoisotopic (exact) mass is 596 g/mol. The van der Waals surface area contributed by atoms with Crippen molar-refractivity contribution in [2.45, 2.75) is 95.0 Å². The number of phenols is 2. The molecule has 2 aromatic rings. The summed E-state index contributed by atoms with van der Waals surface area (Å²) in [6, 6.07) is 5.55. The Morgan fingerprint density at radius 1 is 0.907 bits per heavy atom. The van der Waals surface area contributed by atoms with E-state index in [0.29, 0.717) is 0 Å². The van der Waals surface area contributed by atoms with Crippen LogP contribution in [0.25, 0.3) is 0 Å². The summed E-state index contributed by atoms with van der Waals surface area (Å²) < 4.78 is 24.2. The fraction of sp³-hybridized carbons (Fsp3) is 0.484. The van der Waals surface area contributed by atoms with Crippen LogP contribution in [0, 0.1) is 0 Å². The molecule has 8 atom stereocenters. The van der Waals surface area contributed by atoms with E-state index in [1.165, 1.54) is 31.2 Å². The lowest BCUT2D eigenvalue weighted by Crippen LogP contribution is -2.60. The maximum Gasteiger partial charge on any atom is 0.306 e. The van der Waals surface area contributed by atoms with Gasteiger partial charge in [0.1, 0.15) is 29.8 Å². The van der Waals surface area contributed by atoms with Crippen LogP contribution in [0.2, 0.25) is 0 Å². The molecule has 12 nitrogen and oxygen atoms in total. The van der Waals surface area contributed by atoms with E-state index in [2.05, 4.69) is 0 Å². The molecule has 0 bridgehead atoms. The van der Waals surface area contributed by atoms with Crippen LogP contribution < -0.4 is 0 Å². The number of hydrogen-bond acceptors (Lipinski definition) is 11. The van der Waals surface area contributed by atoms with Crippen LogP contribution in [0.5, 0.6) is 11.5 Å². The maximum atomic E-state index is 13.6. The van der Waals surface area contributed by atoms with Crippen LogP contribution in [0.4, 0.5) is 0 Å². The van der Waals surface area contributed by atoms with Crippen LogP contribution in [-0.2, 0) is 35.0 Å². The molecule has 3 heterocycles. The lowest BCUT2D eigenvalue weighted by atomic mass is 9.79. The minimum absolute atomic E-state index is 0.0838. The summed E-state index contributed by atoms with van der Waals surface area (Å²) in [7, 11) is 0. The van der Waals surface area contributed by atoms with Gasteiger partial charge in [-0.25, -0.2) is 0 Å². The van der Waals surface area contributed by atoms with Gasteiger partial charge in [-0.2, -0.15) is 0 Å². The molecule has 3 aliphatic heterocycles. The number of ketones is 3. The number of hydrogen-bond donors (Lipinski definition) is 4. The van der Waals surface area contributed by atoms with E-state index in [9.17, 15) is 34.5 Å². The molecule has 4 aliphatic rings. The minimum atomic E-state index is -1.72. The van der Waals surface area contributed by atoms with Gasteiger partial charge in [0.05, 0.1) is 41.5 Å². The number of phenolic OH excluding ortho intramolecular Hbond substituents is 2. The quantitative estimate of drug-likeness (QED) is 0.337. The standard InChI is InChI=1S/C31H32O12/c1-12-18(32)8-21-30(41-12)43-29-13(2)40-19(9-20(29)42-21)15-6-7-17-24(26(15)36)28(38)16-5-4-14(25(35)23(16)27(17)37)10-31(3,39)11-22(33)34/h4-7,12-13,19-21,29-30,35-36,39H,8-11H2,1-3H3,(H,33,34)/t12-,13+,19+,20+,21-,29+,30-,31+/m0/s1. The number of aliphatic hydroxyl groups is 1. The first-order chi connectivity index (χ1) is 20.3. The Kier molecular flexibility index (Phi) is 7.17. The van der Waals surface area contributed by atoms with Gasteiger partial charge >= 0.3 is 5.97 Å². The molecule has 4 N–H and O–H groups in total. The Morgan fingerprint density at radius 3 is 2.23 bits per heavy atom. The Hall–Kier alpha value is -3.68. The van der Waals surface area contributed by atoms with Crippen molar-refractivity contribution < 1.29 is 58.6 Å². The molecular weight excluding hydrogens is 564 g/mol. The normalized spacial score (nSPS) is 31.3. The number of ether oxygens (including phenoxy) is 4. The van der Waals surface area contributed by atoms with E-state index in [4.69, 9.17) is 24.1 Å². The average Bonchev–Trinajstić information content (AvgIpc) is 2.91. The molecule has 2 aromatic carbocycles. The van der Waals surface area contributed by atoms with Gasteiger partial charge < -0.3 is 39.4 Å². The van der Waals surface area contributed by atoms with Crippen LogP contribution in [-0.4, -0.2) is 86.2 Å². The van der Waals surface area contributed by atoms with Crippen LogP contribution in [0.15, 0.2) is 24.3 Å². The van der Waals surface area contributed by atoms with E-state index in [-0.39, 0.29) is 58.4 Å². The predicted octanol–water partition coefficient (Wildman–Crippen LogP) is 2.35. The zero-order chi connectivity index (χ0) is 31.0. The largest absolute Gasteiger partial charge is 0.507 e. The van der Waals surface area contributed by atoms with Crippen LogP contribution in [0.3, 0.4) is 0 Å². The van der Waals surface area contributed by atoms with Gasteiger partial charge in [0.2, 0.25) is 0 Å². The van der Waals surface area contributed by atoms with E-state index in [0.717, 1.165) is 0 Å². The summed E-state index contributed by atoms with van der Waals surface area (Å²) in [4.78, 5) is 50.5. The zero-order valence-corrected chi connectivity index (χ0v) is 23.7.